The molecule has 0 aromatic heterocycles. The Morgan fingerprint density at radius 1 is 0.500 bits per heavy atom. The van der Waals surface area contributed by atoms with E-state index < -0.39 is 60.1 Å². The normalized spacial score (nSPS) is 35.9. The lowest BCUT2D eigenvalue weighted by molar-refractivity contribution is -0.212. The van der Waals surface area contributed by atoms with Crippen LogP contribution in [0.1, 0.15) is 0 Å². The maximum Gasteiger partial charge on any atom is 0.470 e. The van der Waals surface area contributed by atoms with Gasteiger partial charge in [-0.2, -0.15) is 0 Å². The molecule has 0 amide bonds. The average molecular weight is 420 g/mol. The van der Waals surface area contributed by atoms with E-state index in [9.17, 15) is 29.0 Å². The molecule has 1 saturated carbocycles. The van der Waals surface area contributed by atoms with Crippen LogP contribution >= 0.6 is 23.5 Å². The van der Waals surface area contributed by atoms with Gasteiger partial charge in [0.1, 0.15) is 36.6 Å². The monoisotopic (exact) mass is 420 g/mol. The Balaban J connectivity index is 3.32. The summed E-state index contributed by atoms with van der Waals surface area (Å²) in [6.45, 7) is 0. The van der Waals surface area contributed by atoms with E-state index in [0.29, 0.717) is 0 Å². The molecule has 24 heavy (non-hydrogen) atoms. The third-order valence-electron chi connectivity index (χ3n) is 2.80. The highest BCUT2D eigenvalue weighted by Crippen LogP contribution is 2.50. The van der Waals surface area contributed by atoms with Crippen LogP contribution in [0.4, 0.5) is 0 Å². The fourth-order valence-corrected chi connectivity index (χ4v) is 3.69. The molecule has 1 aliphatic carbocycles. The topological polar surface area (TPSA) is 261 Å². The van der Waals surface area contributed by atoms with Gasteiger partial charge in [0.05, 0.1) is 0 Å². The smallest absolute Gasteiger partial charge is 0.387 e. The molecule has 0 radical (unpaired) electrons. The minimum atomic E-state index is -5.48. The van der Waals surface area contributed by atoms with Crippen LogP contribution in [0.25, 0.3) is 0 Å². The summed E-state index contributed by atoms with van der Waals surface area (Å²) in [7, 11) is -16.3. The predicted octanol–water partition coefficient (Wildman–Crippen LogP) is -3.48. The van der Waals surface area contributed by atoms with E-state index in [1.54, 1.807) is 0 Å². The molecule has 144 valence electrons. The van der Waals surface area contributed by atoms with Crippen LogP contribution in [0.2, 0.25) is 0 Å². The van der Waals surface area contributed by atoms with Crippen LogP contribution in [0.15, 0.2) is 0 Å². The van der Waals surface area contributed by atoms with E-state index in [0.717, 1.165) is 0 Å². The van der Waals surface area contributed by atoms with Gasteiger partial charge < -0.3 is 44.7 Å². The molecule has 0 saturated heterocycles. The van der Waals surface area contributed by atoms with Gasteiger partial charge in [0.2, 0.25) is 0 Å². The lowest BCUT2D eigenvalue weighted by Crippen LogP contribution is -2.65. The van der Waals surface area contributed by atoms with E-state index in [1.165, 1.54) is 0 Å². The first-order valence-corrected chi connectivity index (χ1v) is 10.4. The van der Waals surface area contributed by atoms with Crippen molar-refractivity contribution < 1.29 is 71.9 Å². The predicted molar refractivity (Wildman–Crippen MR) is 68.8 cm³/mol. The number of rotatable bonds is 6. The third-order valence-corrected chi connectivity index (χ3v) is 4.35. The van der Waals surface area contributed by atoms with E-state index in [1.807, 2.05) is 0 Å². The Hall–Kier alpha value is 0.210. The van der Waals surface area contributed by atoms with Crippen molar-refractivity contribution in [2.24, 2.45) is 0 Å². The quantitative estimate of drug-likeness (QED) is 0.189. The summed E-state index contributed by atoms with van der Waals surface area (Å²) in [5.74, 6) is 0. The zero-order chi connectivity index (χ0) is 19.1. The van der Waals surface area contributed by atoms with Crippen molar-refractivity contribution in [3.8, 4) is 0 Å². The molecule has 0 heterocycles. The maximum atomic E-state index is 11.0. The number of hydrogen-bond donors (Lipinski definition) is 9. The lowest BCUT2D eigenvalue weighted by atomic mass is 9.85. The van der Waals surface area contributed by atoms with Crippen LogP contribution in [0.5, 0.6) is 0 Å². The molecule has 0 aromatic carbocycles. The molecule has 1 rings (SSSR count). The van der Waals surface area contributed by atoms with Gasteiger partial charge >= 0.3 is 23.5 Å². The first-order chi connectivity index (χ1) is 10.5. The molecule has 6 atom stereocenters. The van der Waals surface area contributed by atoms with E-state index in [4.69, 9.17) is 29.4 Å². The van der Waals surface area contributed by atoms with Crippen molar-refractivity contribution in [2.75, 3.05) is 0 Å². The van der Waals surface area contributed by atoms with Crippen molar-refractivity contribution in [1.29, 1.82) is 0 Å². The zero-order valence-corrected chi connectivity index (χ0v) is 14.0. The molecular formula is C6H15O15P3. The number of aliphatic hydroxyl groups excluding tert-OH is 3. The Morgan fingerprint density at radius 3 is 1.00 bits per heavy atom. The Labute approximate surface area is 133 Å². The first kappa shape index (κ1) is 22.3. The van der Waals surface area contributed by atoms with Crippen LogP contribution in [0.3, 0.4) is 0 Å². The average Bonchev–Trinajstić information content (AvgIpc) is 2.32. The number of aliphatic hydroxyl groups is 3. The van der Waals surface area contributed by atoms with Crippen molar-refractivity contribution in [3.63, 3.8) is 0 Å². The fraction of sp³-hybridized carbons (Fsp3) is 1.00. The van der Waals surface area contributed by atoms with Gasteiger partial charge in [-0.25, -0.2) is 13.7 Å². The van der Waals surface area contributed by atoms with E-state index in [2.05, 4.69) is 13.6 Å². The van der Waals surface area contributed by atoms with Crippen LogP contribution in [-0.4, -0.2) is 81.3 Å². The Bertz CT molecular complexity index is 536. The van der Waals surface area contributed by atoms with Gasteiger partial charge in [0.15, 0.2) is 0 Å². The van der Waals surface area contributed by atoms with Gasteiger partial charge in [-0.05, 0) is 0 Å². The summed E-state index contributed by atoms with van der Waals surface area (Å²) in [5, 5.41) is 29.0. The second-order valence-corrected chi connectivity index (χ2v) is 8.23. The SMILES string of the molecule is O=P(O)(O)OC1[C@@H](OP(=O)(O)O)[C@@H](O)C(O)[C@H](O)[C@H]1OP(=O)(O)O. The molecule has 1 aliphatic rings. The summed E-state index contributed by atoms with van der Waals surface area (Å²) in [5.41, 5.74) is 0. The molecule has 0 spiro atoms. The number of phosphoric acid groups is 3. The van der Waals surface area contributed by atoms with Crippen LogP contribution in [0, 0.1) is 0 Å². The van der Waals surface area contributed by atoms with Gasteiger partial charge in [-0.3, -0.25) is 13.6 Å². The molecule has 9 N–H and O–H groups in total. The highest BCUT2D eigenvalue weighted by molar-refractivity contribution is 7.47. The number of phosphoric ester groups is 3. The van der Waals surface area contributed by atoms with Gasteiger partial charge in [0, 0.05) is 0 Å². The second-order valence-electron chi connectivity index (χ2n) is 4.65. The van der Waals surface area contributed by atoms with Crippen molar-refractivity contribution in [3.05, 3.63) is 0 Å². The largest absolute Gasteiger partial charge is 0.470 e. The Morgan fingerprint density at radius 2 is 0.750 bits per heavy atom. The maximum absolute atomic E-state index is 11.0. The Kier molecular flexibility index (Phi) is 6.90. The molecule has 0 bridgehead atoms. The van der Waals surface area contributed by atoms with Crippen LogP contribution in [-0.2, 0) is 27.3 Å². The molecule has 0 aliphatic heterocycles. The minimum Gasteiger partial charge on any atom is -0.387 e. The minimum absolute atomic E-state index is 2.31. The molecule has 18 heteroatoms. The summed E-state index contributed by atoms with van der Waals surface area (Å²) in [6, 6.07) is 0. The highest BCUT2D eigenvalue weighted by Gasteiger charge is 2.56. The van der Waals surface area contributed by atoms with Gasteiger partial charge in [-0.15, -0.1) is 0 Å². The summed E-state index contributed by atoms with van der Waals surface area (Å²) >= 11 is 0. The third kappa shape index (κ3) is 6.50. The van der Waals surface area contributed by atoms with Crippen molar-refractivity contribution in [1.82, 2.24) is 0 Å². The molecule has 15 nitrogen and oxygen atoms in total. The highest BCUT2D eigenvalue weighted by atomic mass is 31.2. The summed E-state index contributed by atoms with van der Waals surface area (Å²) in [4.78, 5) is 52.7. The van der Waals surface area contributed by atoms with E-state index >= 15 is 0 Å². The van der Waals surface area contributed by atoms with Gasteiger partial charge in [0.25, 0.3) is 0 Å². The van der Waals surface area contributed by atoms with E-state index in [-0.39, 0.29) is 0 Å². The fourth-order valence-electron chi connectivity index (χ4n) is 2.01. The van der Waals surface area contributed by atoms with Crippen molar-refractivity contribution >= 4 is 23.5 Å². The van der Waals surface area contributed by atoms with Crippen molar-refractivity contribution in [2.45, 2.75) is 36.6 Å². The lowest BCUT2D eigenvalue weighted by Gasteiger charge is -2.44. The molecule has 2 unspecified atom stereocenters. The van der Waals surface area contributed by atoms with Gasteiger partial charge in [-0.1, -0.05) is 0 Å². The second kappa shape index (κ2) is 7.45. The summed E-state index contributed by atoms with van der Waals surface area (Å²) in [6.07, 6.45) is -14.3. The zero-order valence-electron chi connectivity index (χ0n) is 11.3. The van der Waals surface area contributed by atoms with Crippen LogP contribution < -0.4 is 0 Å². The summed E-state index contributed by atoms with van der Waals surface area (Å²) < 4.78 is 45.0. The molecule has 0 aromatic rings. The molecular weight excluding hydrogens is 405 g/mol. The first-order valence-electron chi connectivity index (χ1n) is 5.78. The number of hydrogen-bond acceptors (Lipinski definition) is 9. The molecule has 1 fully saturated rings. The standard InChI is InChI=1S/C6H15O15P3/c7-1-2(8)4(19-22(10,11)12)6(21-24(16,17)18)5(3(1)9)20-23(13,14)15/h1-9H,(H2,10,11,12)(H2,13,14,15)(H2,16,17,18)/t1?,2-,3-,4-,5+,6?/m0/s1.